The average Bonchev–Trinajstić information content (AvgIpc) is 2.04. The van der Waals surface area contributed by atoms with Crippen LogP contribution in [0.5, 0.6) is 0 Å². The average molecular weight is 156 g/mol. The number of hydrogen-bond acceptors (Lipinski definition) is 4. The summed E-state index contributed by atoms with van der Waals surface area (Å²) >= 11 is 0. The van der Waals surface area contributed by atoms with Gasteiger partial charge in [0.1, 0.15) is 0 Å². The van der Waals surface area contributed by atoms with Crippen LogP contribution in [0.25, 0.3) is 0 Å². The van der Waals surface area contributed by atoms with E-state index in [0.29, 0.717) is 13.1 Å². The summed E-state index contributed by atoms with van der Waals surface area (Å²) in [5, 5.41) is 2.48. The molecule has 0 atom stereocenters. The van der Waals surface area contributed by atoms with Crippen molar-refractivity contribution in [3.63, 3.8) is 0 Å². The maximum atomic E-state index is 10.9. The normalized spacial score (nSPS) is 16.8. The van der Waals surface area contributed by atoms with Crippen LogP contribution in [0.2, 0.25) is 0 Å². The van der Waals surface area contributed by atoms with E-state index in [2.05, 4.69) is 15.0 Å². The van der Waals surface area contributed by atoms with E-state index in [1.165, 1.54) is 7.11 Å². The van der Waals surface area contributed by atoms with Crippen LogP contribution in [0.15, 0.2) is 4.99 Å². The third-order valence-corrected chi connectivity index (χ3v) is 1.26. The molecule has 0 radical (unpaired) electrons. The Kier molecular flexibility index (Phi) is 2.20. The van der Waals surface area contributed by atoms with Gasteiger partial charge in [-0.05, 0) is 0 Å². The molecule has 1 rings (SSSR count). The molecular formula is C6H8N2O3. The lowest BCUT2D eigenvalue weighted by atomic mass is 10.3. The van der Waals surface area contributed by atoms with E-state index in [1.54, 1.807) is 0 Å². The number of rotatable bonds is 1. The molecule has 1 aliphatic rings. The molecule has 1 amide bonds. The number of amides is 1. The summed E-state index contributed by atoms with van der Waals surface area (Å²) in [6.45, 7) is 0.926. The van der Waals surface area contributed by atoms with Crippen LogP contribution in [-0.4, -0.2) is 37.8 Å². The number of nitrogens with zero attached hydrogens (tertiary/aromatic N) is 1. The van der Waals surface area contributed by atoms with E-state index in [4.69, 9.17) is 0 Å². The molecule has 0 spiro atoms. The van der Waals surface area contributed by atoms with E-state index in [0.717, 1.165) is 0 Å². The lowest BCUT2D eigenvalue weighted by Gasteiger charge is -2.09. The maximum Gasteiger partial charge on any atom is 0.362 e. The Morgan fingerprint density at radius 3 is 3.00 bits per heavy atom. The van der Waals surface area contributed by atoms with Crippen molar-refractivity contribution in [1.82, 2.24) is 5.32 Å². The van der Waals surface area contributed by atoms with Crippen molar-refractivity contribution in [1.29, 1.82) is 0 Å². The molecule has 0 aromatic carbocycles. The van der Waals surface area contributed by atoms with Gasteiger partial charge >= 0.3 is 5.97 Å². The van der Waals surface area contributed by atoms with Gasteiger partial charge in [0.15, 0.2) is 0 Å². The van der Waals surface area contributed by atoms with E-state index >= 15 is 0 Å². The van der Waals surface area contributed by atoms with Crippen molar-refractivity contribution >= 4 is 17.6 Å². The van der Waals surface area contributed by atoms with Crippen LogP contribution in [0.4, 0.5) is 0 Å². The molecule has 1 N–H and O–H groups in total. The van der Waals surface area contributed by atoms with E-state index < -0.39 is 11.9 Å². The van der Waals surface area contributed by atoms with Gasteiger partial charge in [-0.1, -0.05) is 0 Å². The van der Waals surface area contributed by atoms with Crippen LogP contribution in [0, 0.1) is 0 Å². The molecule has 0 fully saturated rings. The van der Waals surface area contributed by atoms with Gasteiger partial charge in [-0.2, -0.15) is 0 Å². The molecule has 0 aliphatic carbocycles. The Balaban J connectivity index is 2.75. The maximum absolute atomic E-state index is 10.9. The highest BCUT2D eigenvalue weighted by Crippen LogP contribution is 1.89. The number of methoxy groups -OCH3 is 1. The smallest absolute Gasteiger partial charge is 0.362 e. The number of hydrogen-bond donors (Lipinski definition) is 1. The van der Waals surface area contributed by atoms with Crippen molar-refractivity contribution < 1.29 is 14.3 Å². The summed E-state index contributed by atoms with van der Waals surface area (Å²) in [6.07, 6.45) is 0. The zero-order valence-electron chi connectivity index (χ0n) is 6.09. The molecule has 11 heavy (non-hydrogen) atoms. The van der Waals surface area contributed by atoms with Gasteiger partial charge in [0.05, 0.1) is 13.7 Å². The number of carbonyl (C=O) groups is 2. The zero-order valence-corrected chi connectivity index (χ0v) is 6.09. The first kappa shape index (κ1) is 7.71. The molecular weight excluding hydrogens is 148 g/mol. The summed E-state index contributed by atoms with van der Waals surface area (Å²) in [6, 6.07) is 0. The topological polar surface area (TPSA) is 67.8 Å². The van der Waals surface area contributed by atoms with Crippen molar-refractivity contribution in [2.45, 2.75) is 0 Å². The lowest BCUT2D eigenvalue weighted by molar-refractivity contribution is -0.133. The zero-order chi connectivity index (χ0) is 8.27. The summed E-state index contributed by atoms with van der Waals surface area (Å²) in [5.74, 6) is -1.13. The molecule has 0 saturated carbocycles. The Bertz CT molecular complexity index is 222. The van der Waals surface area contributed by atoms with E-state index in [-0.39, 0.29) is 5.71 Å². The fourth-order valence-electron chi connectivity index (χ4n) is 0.747. The van der Waals surface area contributed by atoms with Crippen LogP contribution in [0.3, 0.4) is 0 Å². The minimum absolute atomic E-state index is 0.140. The number of nitrogens with one attached hydrogen (secondary N) is 1. The van der Waals surface area contributed by atoms with Crippen molar-refractivity contribution in [2.75, 3.05) is 20.2 Å². The van der Waals surface area contributed by atoms with Gasteiger partial charge in [0.2, 0.25) is 5.71 Å². The van der Waals surface area contributed by atoms with Crippen LogP contribution >= 0.6 is 0 Å². The predicted molar refractivity (Wildman–Crippen MR) is 37.3 cm³/mol. The van der Waals surface area contributed by atoms with Gasteiger partial charge < -0.3 is 10.1 Å². The van der Waals surface area contributed by atoms with Crippen LogP contribution in [0.1, 0.15) is 0 Å². The molecule has 5 heteroatoms. The highest BCUT2D eigenvalue weighted by Gasteiger charge is 2.22. The first-order valence-corrected chi connectivity index (χ1v) is 3.16. The van der Waals surface area contributed by atoms with Gasteiger partial charge in [-0.15, -0.1) is 0 Å². The first-order chi connectivity index (χ1) is 5.25. The van der Waals surface area contributed by atoms with E-state index in [1.807, 2.05) is 0 Å². The molecule has 5 nitrogen and oxygen atoms in total. The summed E-state index contributed by atoms with van der Waals surface area (Å²) in [7, 11) is 1.22. The third-order valence-electron chi connectivity index (χ3n) is 1.26. The minimum Gasteiger partial charge on any atom is -0.464 e. The molecule has 0 unspecified atom stereocenters. The Morgan fingerprint density at radius 2 is 2.45 bits per heavy atom. The lowest BCUT2D eigenvalue weighted by Crippen LogP contribution is -2.41. The number of esters is 1. The fraction of sp³-hybridized carbons (Fsp3) is 0.500. The van der Waals surface area contributed by atoms with Crippen molar-refractivity contribution in [3.05, 3.63) is 0 Å². The molecule has 0 bridgehead atoms. The van der Waals surface area contributed by atoms with E-state index in [9.17, 15) is 9.59 Å². The van der Waals surface area contributed by atoms with Crippen LogP contribution < -0.4 is 5.32 Å². The number of aliphatic imine (C=N–C) groups is 1. The Hall–Kier alpha value is -1.39. The third kappa shape index (κ3) is 1.54. The van der Waals surface area contributed by atoms with Gasteiger partial charge in [-0.25, -0.2) is 4.79 Å². The highest BCUT2D eigenvalue weighted by molar-refractivity contribution is 6.64. The summed E-state index contributed by atoms with van der Waals surface area (Å²) in [4.78, 5) is 25.3. The highest BCUT2D eigenvalue weighted by atomic mass is 16.5. The fourth-order valence-corrected chi connectivity index (χ4v) is 0.747. The largest absolute Gasteiger partial charge is 0.464 e. The molecule has 1 heterocycles. The Labute approximate surface area is 63.4 Å². The molecule has 1 aliphatic heterocycles. The van der Waals surface area contributed by atoms with Crippen molar-refractivity contribution in [2.24, 2.45) is 4.99 Å². The number of carbonyl (C=O) groups excluding carboxylic acids is 2. The predicted octanol–water partition coefficient (Wildman–Crippen LogP) is -1.27. The first-order valence-electron chi connectivity index (χ1n) is 3.16. The second-order valence-electron chi connectivity index (χ2n) is 1.98. The Morgan fingerprint density at radius 1 is 1.73 bits per heavy atom. The quantitative estimate of drug-likeness (QED) is 0.481. The molecule has 0 aromatic rings. The standard InChI is InChI=1S/C6H8N2O3/c1-11-6(10)4-5(9)8-3-2-7-4/h2-3H2,1H3,(H,8,9). The molecule has 60 valence electrons. The van der Waals surface area contributed by atoms with Gasteiger partial charge in [-0.3, -0.25) is 9.79 Å². The summed E-state index contributed by atoms with van der Waals surface area (Å²) < 4.78 is 4.33. The molecule has 0 aromatic heterocycles. The minimum atomic E-state index is -0.679. The monoisotopic (exact) mass is 156 g/mol. The SMILES string of the molecule is COC(=O)C1=NCCNC1=O. The number of ether oxygens (including phenoxy) is 1. The second kappa shape index (κ2) is 3.14. The summed E-state index contributed by atoms with van der Waals surface area (Å²) in [5.41, 5.74) is -0.140. The van der Waals surface area contributed by atoms with Crippen molar-refractivity contribution in [3.8, 4) is 0 Å². The van der Waals surface area contributed by atoms with Crippen LogP contribution in [-0.2, 0) is 14.3 Å². The van der Waals surface area contributed by atoms with Gasteiger partial charge in [0.25, 0.3) is 5.91 Å². The molecule has 0 saturated heterocycles. The second-order valence-corrected chi connectivity index (χ2v) is 1.98. The van der Waals surface area contributed by atoms with Gasteiger partial charge in [0, 0.05) is 6.54 Å².